The molecule has 3 rings (SSSR count). The minimum atomic E-state index is -0.0801. The molecule has 0 saturated carbocycles. The molecule has 0 atom stereocenters. The van der Waals surface area contributed by atoms with Gasteiger partial charge in [0.15, 0.2) is 0 Å². The molecule has 1 aliphatic rings. The SMILES string of the molecule is NOCC1(Nc2ccccc2)CCN(Cc2ccccc2)CC1. The van der Waals surface area contributed by atoms with Crippen LogP contribution in [0.1, 0.15) is 18.4 Å². The smallest absolute Gasteiger partial charge is 0.0910 e. The lowest BCUT2D eigenvalue weighted by atomic mass is 9.87. The van der Waals surface area contributed by atoms with Crippen LogP contribution in [0.25, 0.3) is 0 Å². The van der Waals surface area contributed by atoms with Crippen LogP contribution in [0.2, 0.25) is 0 Å². The summed E-state index contributed by atoms with van der Waals surface area (Å²) in [6.45, 7) is 3.61. The molecule has 0 aliphatic carbocycles. The highest BCUT2D eigenvalue weighted by molar-refractivity contribution is 5.45. The number of piperidine rings is 1. The number of benzene rings is 2. The van der Waals surface area contributed by atoms with E-state index in [9.17, 15) is 0 Å². The van der Waals surface area contributed by atoms with Gasteiger partial charge in [-0.15, -0.1) is 0 Å². The Morgan fingerprint density at radius 2 is 1.57 bits per heavy atom. The molecule has 0 unspecified atom stereocenters. The summed E-state index contributed by atoms with van der Waals surface area (Å²) in [6.07, 6.45) is 2.04. The van der Waals surface area contributed by atoms with Gasteiger partial charge in [-0.25, -0.2) is 5.90 Å². The Labute approximate surface area is 138 Å². The van der Waals surface area contributed by atoms with Crippen LogP contribution in [0.4, 0.5) is 5.69 Å². The third-order valence-corrected chi connectivity index (χ3v) is 4.61. The Hall–Kier alpha value is -1.88. The molecule has 0 spiro atoms. The molecule has 0 amide bonds. The van der Waals surface area contributed by atoms with Crippen molar-refractivity contribution in [1.82, 2.24) is 4.90 Å². The van der Waals surface area contributed by atoms with E-state index in [2.05, 4.69) is 52.7 Å². The number of hydrogen-bond acceptors (Lipinski definition) is 4. The normalized spacial score (nSPS) is 17.8. The molecular formula is C19H25N3O. The predicted octanol–water partition coefficient (Wildman–Crippen LogP) is 3.02. The Morgan fingerprint density at radius 1 is 0.957 bits per heavy atom. The fraction of sp³-hybridized carbons (Fsp3) is 0.368. The van der Waals surface area contributed by atoms with Crippen LogP contribution in [0, 0.1) is 0 Å². The van der Waals surface area contributed by atoms with Gasteiger partial charge in [0.1, 0.15) is 0 Å². The Morgan fingerprint density at radius 3 is 2.17 bits per heavy atom. The summed E-state index contributed by atoms with van der Waals surface area (Å²) >= 11 is 0. The van der Waals surface area contributed by atoms with Gasteiger partial charge < -0.3 is 10.2 Å². The van der Waals surface area contributed by atoms with E-state index in [4.69, 9.17) is 10.7 Å². The van der Waals surface area contributed by atoms with Gasteiger partial charge in [0.2, 0.25) is 0 Å². The van der Waals surface area contributed by atoms with Crippen LogP contribution >= 0.6 is 0 Å². The second-order valence-corrected chi connectivity index (χ2v) is 6.34. The zero-order chi connectivity index (χ0) is 16.0. The van der Waals surface area contributed by atoms with Gasteiger partial charge in [-0.3, -0.25) is 4.90 Å². The fourth-order valence-corrected chi connectivity index (χ4v) is 3.27. The Kier molecular flexibility index (Phi) is 5.28. The fourth-order valence-electron chi connectivity index (χ4n) is 3.27. The van der Waals surface area contributed by atoms with Gasteiger partial charge in [0.05, 0.1) is 12.1 Å². The zero-order valence-corrected chi connectivity index (χ0v) is 13.4. The van der Waals surface area contributed by atoms with Gasteiger partial charge in [-0.05, 0) is 30.5 Å². The molecule has 2 aromatic rings. The first-order chi connectivity index (χ1) is 11.3. The van der Waals surface area contributed by atoms with E-state index in [0.717, 1.165) is 38.2 Å². The van der Waals surface area contributed by atoms with Crippen molar-refractivity contribution >= 4 is 5.69 Å². The van der Waals surface area contributed by atoms with Gasteiger partial charge in [-0.1, -0.05) is 48.5 Å². The maximum absolute atomic E-state index is 5.40. The highest BCUT2D eigenvalue weighted by Gasteiger charge is 2.34. The van der Waals surface area contributed by atoms with Gasteiger partial charge in [0.25, 0.3) is 0 Å². The molecule has 1 heterocycles. The number of hydrogen-bond donors (Lipinski definition) is 2. The number of nitrogens with one attached hydrogen (secondary N) is 1. The summed E-state index contributed by atoms with van der Waals surface area (Å²) in [5.41, 5.74) is 2.41. The minimum absolute atomic E-state index is 0.0801. The first-order valence-corrected chi connectivity index (χ1v) is 8.21. The lowest BCUT2D eigenvalue weighted by Gasteiger charge is -2.42. The largest absolute Gasteiger partial charge is 0.377 e. The maximum Gasteiger partial charge on any atom is 0.0910 e. The standard InChI is InChI=1S/C19H25N3O/c20-23-16-19(21-18-9-5-2-6-10-18)11-13-22(14-12-19)15-17-7-3-1-4-8-17/h1-10,21H,11-16,20H2. The number of para-hydroxylation sites is 1. The molecule has 1 aliphatic heterocycles. The van der Waals surface area contributed by atoms with Crippen LogP contribution in [0.3, 0.4) is 0 Å². The van der Waals surface area contributed by atoms with Crippen LogP contribution in [0.5, 0.6) is 0 Å². The highest BCUT2D eigenvalue weighted by atomic mass is 16.6. The second-order valence-electron chi connectivity index (χ2n) is 6.34. The second kappa shape index (κ2) is 7.59. The topological polar surface area (TPSA) is 50.5 Å². The molecule has 0 radical (unpaired) electrons. The quantitative estimate of drug-likeness (QED) is 0.805. The van der Waals surface area contributed by atoms with Gasteiger partial charge in [0, 0.05) is 25.3 Å². The van der Waals surface area contributed by atoms with Crippen molar-refractivity contribution in [3.63, 3.8) is 0 Å². The van der Waals surface area contributed by atoms with Crippen molar-refractivity contribution in [3.8, 4) is 0 Å². The number of nitrogens with two attached hydrogens (primary N) is 1. The summed E-state index contributed by atoms with van der Waals surface area (Å²) in [5, 5.41) is 3.65. The lowest BCUT2D eigenvalue weighted by molar-refractivity contribution is 0.0569. The maximum atomic E-state index is 5.40. The molecule has 3 N–H and O–H groups in total. The van der Waals surface area contributed by atoms with E-state index in [1.54, 1.807) is 0 Å². The third-order valence-electron chi connectivity index (χ3n) is 4.61. The van der Waals surface area contributed by atoms with Crippen molar-refractivity contribution in [3.05, 3.63) is 66.2 Å². The number of rotatable bonds is 6. The average molecular weight is 311 g/mol. The molecule has 1 fully saturated rings. The van der Waals surface area contributed by atoms with Crippen LogP contribution in [-0.2, 0) is 11.4 Å². The van der Waals surface area contributed by atoms with Crippen molar-refractivity contribution < 1.29 is 4.84 Å². The van der Waals surface area contributed by atoms with Crippen molar-refractivity contribution in [1.29, 1.82) is 0 Å². The minimum Gasteiger partial charge on any atom is -0.377 e. The summed E-state index contributed by atoms with van der Waals surface area (Å²) < 4.78 is 0. The Bertz CT molecular complexity index is 580. The first-order valence-electron chi connectivity index (χ1n) is 8.21. The molecule has 4 heteroatoms. The number of nitrogens with zero attached hydrogens (tertiary/aromatic N) is 1. The van der Waals surface area contributed by atoms with E-state index in [-0.39, 0.29) is 5.54 Å². The van der Waals surface area contributed by atoms with E-state index in [1.807, 2.05) is 18.2 Å². The summed E-state index contributed by atoms with van der Waals surface area (Å²) in [5.74, 6) is 5.40. The third kappa shape index (κ3) is 4.32. The van der Waals surface area contributed by atoms with E-state index < -0.39 is 0 Å². The molecule has 2 aromatic carbocycles. The van der Waals surface area contributed by atoms with Crippen LogP contribution in [-0.4, -0.2) is 30.1 Å². The molecule has 23 heavy (non-hydrogen) atoms. The van der Waals surface area contributed by atoms with Crippen molar-refractivity contribution in [2.24, 2.45) is 5.90 Å². The molecule has 0 aromatic heterocycles. The molecule has 1 saturated heterocycles. The summed E-state index contributed by atoms with van der Waals surface area (Å²) in [6, 6.07) is 20.9. The van der Waals surface area contributed by atoms with Crippen molar-refractivity contribution in [2.75, 3.05) is 25.0 Å². The first kappa shape index (κ1) is 16.0. The zero-order valence-electron chi connectivity index (χ0n) is 13.4. The van der Waals surface area contributed by atoms with Crippen molar-refractivity contribution in [2.45, 2.75) is 24.9 Å². The van der Waals surface area contributed by atoms with E-state index in [0.29, 0.717) is 6.61 Å². The highest BCUT2D eigenvalue weighted by Crippen LogP contribution is 2.28. The van der Waals surface area contributed by atoms with Gasteiger partial charge in [-0.2, -0.15) is 0 Å². The van der Waals surface area contributed by atoms with E-state index >= 15 is 0 Å². The monoisotopic (exact) mass is 311 g/mol. The van der Waals surface area contributed by atoms with E-state index in [1.165, 1.54) is 5.56 Å². The van der Waals surface area contributed by atoms with Gasteiger partial charge >= 0.3 is 0 Å². The summed E-state index contributed by atoms with van der Waals surface area (Å²) in [7, 11) is 0. The molecular weight excluding hydrogens is 286 g/mol. The molecule has 4 nitrogen and oxygen atoms in total. The molecule has 122 valence electrons. The number of likely N-dealkylation sites (tertiary alicyclic amines) is 1. The summed E-state index contributed by atoms with van der Waals surface area (Å²) in [4.78, 5) is 7.53. The lowest BCUT2D eigenvalue weighted by Crippen LogP contribution is -2.52. The predicted molar refractivity (Wildman–Crippen MR) is 93.9 cm³/mol. The molecule has 0 bridgehead atoms. The van der Waals surface area contributed by atoms with Crippen LogP contribution < -0.4 is 11.2 Å². The average Bonchev–Trinajstić information content (AvgIpc) is 2.59. The Balaban J connectivity index is 1.61. The number of anilines is 1. The van der Waals surface area contributed by atoms with Crippen LogP contribution in [0.15, 0.2) is 60.7 Å².